The van der Waals surface area contributed by atoms with Crippen molar-refractivity contribution in [1.82, 2.24) is 0 Å². The molecule has 1 aromatic rings. The van der Waals surface area contributed by atoms with Gasteiger partial charge in [-0.3, -0.25) is 0 Å². The number of nitrogens with two attached hydrogens (primary N) is 1. The van der Waals surface area contributed by atoms with Crippen molar-refractivity contribution in [2.24, 2.45) is 17.6 Å². The van der Waals surface area contributed by atoms with E-state index in [0.29, 0.717) is 17.8 Å². The van der Waals surface area contributed by atoms with Crippen LogP contribution in [0, 0.1) is 11.8 Å². The van der Waals surface area contributed by atoms with Gasteiger partial charge in [0.1, 0.15) is 0 Å². The smallest absolute Gasteiger partial charge is 0.0343 e. The molecule has 0 spiro atoms. The zero-order chi connectivity index (χ0) is 12.8. The molecule has 0 aromatic heterocycles. The minimum absolute atomic E-state index is 0.540. The summed E-state index contributed by atoms with van der Waals surface area (Å²) in [4.78, 5) is 0. The third kappa shape index (κ3) is 4.39. The molecule has 1 aromatic carbocycles. The lowest BCUT2D eigenvalue weighted by atomic mass is 9.96. The molecular formula is C15H26N2. The summed E-state index contributed by atoms with van der Waals surface area (Å²) in [6.07, 6.45) is 0. The fraction of sp³-hybridized carbons (Fsp3) is 0.600. The summed E-state index contributed by atoms with van der Waals surface area (Å²) in [6.45, 7) is 10.6. The molecule has 1 unspecified atom stereocenters. The van der Waals surface area contributed by atoms with E-state index in [-0.39, 0.29) is 0 Å². The molecular weight excluding hydrogens is 208 g/mol. The molecule has 0 amide bonds. The fourth-order valence-corrected chi connectivity index (χ4v) is 1.85. The Morgan fingerprint density at radius 3 is 2.41 bits per heavy atom. The van der Waals surface area contributed by atoms with Crippen LogP contribution in [-0.4, -0.2) is 13.1 Å². The highest BCUT2D eigenvalue weighted by Gasteiger charge is 2.10. The zero-order valence-corrected chi connectivity index (χ0v) is 11.5. The first-order valence-electron chi connectivity index (χ1n) is 6.58. The monoisotopic (exact) mass is 234 g/mol. The number of anilines is 1. The van der Waals surface area contributed by atoms with Gasteiger partial charge >= 0.3 is 0 Å². The van der Waals surface area contributed by atoms with Gasteiger partial charge in [0.05, 0.1) is 0 Å². The fourth-order valence-electron chi connectivity index (χ4n) is 1.85. The maximum atomic E-state index is 5.78. The van der Waals surface area contributed by atoms with Crippen LogP contribution in [0.5, 0.6) is 0 Å². The van der Waals surface area contributed by atoms with Gasteiger partial charge in [-0.1, -0.05) is 39.8 Å². The highest BCUT2D eigenvalue weighted by Crippen LogP contribution is 2.19. The molecule has 0 saturated carbocycles. The lowest BCUT2D eigenvalue weighted by Gasteiger charge is -2.20. The third-order valence-electron chi connectivity index (χ3n) is 3.37. The second kappa shape index (κ2) is 6.65. The van der Waals surface area contributed by atoms with Gasteiger partial charge in [-0.05, 0) is 42.0 Å². The average molecular weight is 234 g/mol. The van der Waals surface area contributed by atoms with Crippen molar-refractivity contribution in [2.45, 2.75) is 33.6 Å². The molecule has 2 heteroatoms. The molecule has 3 N–H and O–H groups in total. The topological polar surface area (TPSA) is 38.0 Å². The summed E-state index contributed by atoms with van der Waals surface area (Å²) < 4.78 is 0. The molecule has 0 aliphatic carbocycles. The summed E-state index contributed by atoms with van der Waals surface area (Å²) in [5, 5.41) is 3.49. The summed E-state index contributed by atoms with van der Waals surface area (Å²) in [5.41, 5.74) is 8.36. The van der Waals surface area contributed by atoms with Crippen LogP contribution in [0.2, 0.25) is 0 Å². The summed E-state index contributed by atoms with van der Waals surface area (Å²) >= 11 is 0. The number of benzene rings is 1. The quantitative estimate of drug-likeness (QED) is 0.791. The average Bonchev–Trinajstić information content (AvgIpc) is 2.29. The van der Waals surface area contributed by atoms with E-state index in [1.165, 1.54) is 11.3 Å². The number of rotatable bonds is 6. The van der Waals surface area contributed by atoms with E-state index in [9.17, 15) is 0 Å². The Morgan fingerprint density at radius 2 is 1.88 bits per heavy atom. The molecule has 0 saturated heterocycles. The van der Waals surface area contributed by atoms with E-state index >= 15 is 0 Å². The Labute approximate surface area is 106 Å². The van der Waals surface area contributed by atoms with Crippen molar-refractivity contribution in [3.8, 4) is 0 Å². The van der Waals surface area contributed by atoms with E-state index in [4.69, 9.17) is 5.73 Å². The molecule has 0 aliphatic heterocycles. The third-order valence-corrected chi connectivity index (χ3v) is 3.37. The van der Waals surface area contributed by atoms with Crippen molar-refractivity contribution < 1.29 is 0 Å². The molecule has 96 valence electrons. The predicted octanol–water partition coefficient (Wildman–Crippen LogP) is 3.45. The van der Waals surface area contributed by atoms with Gasteiger partial charge in [0.15, 0.2) is 0 Å². The minimum atomic E-state index is 0.540. The Balaban J connectivity index is 2.59. The first kappa shape index (κ1) is 14.0. The van der Waals surface area contributed by atoms with E-state index in [1.54, 1.807) is 0 Å². The number of hydrogen-bond acceptors (Lipinski definition) is 2. The van der Waals surface area contributed by atoms with Crippen LogP contribution in [-0.2, 0) is 0 Å². The first-order valence-corrected chi connectivity index (χ1v) is 6.58. The predicted molar refractivity (Wildman–Crippen MR) is 76.4 cm³/mol. The highest BCUT2D eigenvalue weighted by atomic mass is 14.9. The minimum Gasteiger partial charge on any atom is -0.385 e. The van der Waals surface area contributed by atoms with E-state index in [1.807, 2.05) is 0 Å². The standard InChI is InChI=1S/C15H26N2/c1-11(2)13-6-5-7-15(8-13)17-10-14(9-16)12(3)4/h5-8,11-12,14,17H,9-10,16H2,1-4H3. The normalized spacial score (nSPS) is 13.1. The Hall–Kier alpha value is -1.02. The molecule has 0 heterocycles. The van der Waals surface area contributed by atoms with Crippen molar-refractivity contribution in [3.05, 3.63) is 29.8 Å². The van der Waals surface area contributed by atoms with Crippen LogP contribution in [0.1, 0.15) is 39.2 Å². The number of hydrogen-bond donors (Lipinski definition) is 2. The van der Waals surface area contributed by atoms with Crippen LogP contribution in [0.15, 0.2) is 24.3 Å². The van der Waals surface area contributed by atoms with Crippen molar-refractivity contribution >= 4 is 5.69 Å². The lowest BCUT2D eigenvalue weighted by molar-refractivity contribution is 0.413. The van der Waals surface area contributed by atoms with Crippen LogP contribution in [0.25, 0.3) is 0 Å². The van der Waals surface area contributed by atoms with Gasteiger partial charge < -0.3 is 11.1 Å². The van der Waals surface area contributed by atoms with Crippen LogP contribution in [0.3, 0.4) is 0 Å². The molecule has 0 fully saturated rings. The van der Waals surface area contributed by atoms with Crippen LogP contribution >= 0.6 is 0 Å². The SMILES string of the molecule is CC(C)c1cccc(NCC(CN)C(C)C)c1. The molecule has 2 nitrogen and oxygen atoms in total. The molecule has 0 radical (unpaired) electrons. The molecule has 1 atom stereocenters. The van der Waals surface area contributed by atoms with Gasteiger partial charge in [-0.2, -0.15) is 0 Å². The van der Waals surface area contributed by atoms with Crippen LogP contribution < -0.4 is 11.1 Å². The zero-order valence-electron chi connectivity index (χ0n) is 11.5. The lowest BCUT2D eigenvalue weighted by Crippen LogP contribution is -2.27. The van der Waals surface area contributed by atoms with Gasteiger partial charge in [0.2, 0.25) is 0 Å². The molecule has 17 heavy (non-hydrogen) atoms. The maximum absolute atomic E-state index is 5.78. The molecule has 0 bridgehead atoms. The second-order valence-electron chi connectivity index (χ2n) is 5.40. The Morgan fingerprint density at radius 1 is 1.18 bits per heavy atom. The Kier molecular flexibility index (Phi) is 5.49. The largest absolute Gasteiger partial charge is 0.385 e. The second-order valence-corrected chi connectivity index (χ2v) is 5.40. The van der Waals surface area contributed by atoms with Crippen molar-refractivity contribution in [2.75, 3.05) is 18.4 Å². The molecule has 1 rings (SSSR count). The summed E-state index contributed by atoms with van der Waals surface area (Å²) in [5.74, 6) is 1.74. The summed E-state index contributed by atoms with van der Waals surface area (Å²) in [7, 11) is 0. The van der Waals surface area contributed by atoms with Gasteiger partial charge in [-0.25, -0.2) is 0 Å². The van der Waals surface area contributed by atoms with E-state index in [2.05, 4.69) is 57.3 Å². The first-order chi connectivity index (χ1) is 8.04. The highest BCUT2D eigenvalue weighted by molar-refractivity contribution is 5.46. The summed E-state index contributed by atoms with van der Waals surface area (Å²) in [6, 6.07) is 8.65. The molecule has 0 aliphatic rings. The van der Waals surface area contributed by atoms with Crippen molar-refractivity contribution in [1.29, 1.82) is 0 Å². The maximum Gasteiger partial charge on any atom is 0.0343 e. The van der Waals surface area contributed by atoms with Gasteiger partial charge in [0.25, 0.3) is 0 Å². The van der Waals surface area contributed by atoms with Gasteiger partial charge in [0, 0.05) is 12.2 Å². The van der Waals surface area contributed by atoms with Crippen molar-refractivity contribution in [3.63, 3.8) is 0 Å². The van der Waals surface area contributed by atoms with Gasteiger partial charge in [-0.15, -0.1) is 0 Å². The van der Waals surface area contributed by atoms with E-state index < -0.39 is 0 Å². The van der Waals surface area contributed by atoms with Crippen LogP contribution in [0.4, 0.5) is 5.69 Å². The number of nitrogens with one attached hydrogen (secondary N) is 1. The Bertz CT molecular complexity index is 331. The van der Waals surface area contributed by atoms with E-state index in [0.717, 1.165) is 13.1 Å².